The van der Waals surface area contributed by atoms with Crippen molar-refractivity contribution in [3.63, 3.8) is 0 Å². The summed E-state index contributed by atoms with van der Waals surface area (Å²) in [6, 6.07) is 3.57. The molecule has 0 radical (unpaired) electrons. The molecule has 0 aliphatic rings. The topological polar surface area (TPSA) is 48.1 Å². The Labute approximate surface area is 83.2 Å². The van der Waals surface area contributed by atoms with E-state index >= 15 is 0 Å². The Kier molecular flexibility index (Phi) is 3.49. The molecule has 0 amide bonds. The van der Waals surface area contributed by atoms with E-state index in [-0.39, 0.29) is 0 Å². The third-order valence-electron chi connectivity index (χ3n) is 1.45. The van der Waals surface area contributed by atoms with Crippen molar-refractivity contribution >= 4 is 0 Å². The van der Waals surface area contributed by atoms with Gasteiger partial charge in [-0.1, -0.05) is 13.2 Å². The summed E-state index contributed by atoms with van der Waals surface area (Å²) in [5.41, 5.74) is 6.03. The first kappa shape index (κ1) is 10.1. The minimum atomic E-state index is 0.454. The third kappa shape index (κ3) is 3.15. The first-order chi connectivity index (χ1) is 6.72. The van der Waals surface area contributed by atoms with Gasteiger partial charge >= 0.3 is 0 Å². The van der Waals surface area contributed by atoms with Gasteiger partial charge in [0.25, 0.3) is 0 Å². The molecule has 1 rings (SSSR count). The lowest BCUT2D eigenvalue weighted by Gasteiger charge is -2.04. The van der Waals surface area contributed by atoms with Crippen molar-refractivity contribution in [2.45, 2.75) is 0 Å². The maximum atomic E-state index is 5.51. The van der Waals surface area contributed by atoms with E-state index in [1.807, 2.05) is 0 Å². The van der Waals surface area contributed by atoms with Crippen LogP contribution in [0, 0.1) is 0 Å². The van der Waals surface area contributed by atoms with Crippen LogP contribution in [0.15, 0.2) is 61.3 Å². The van der Waals surface area contributed by atoms with E-state index in [0.29, 0.717) is 17.2 Å². The number of hydrogen-bond donors (Lipinski definition) is 1. The Morgan fingerprint density at radius 1 is 1.57 bits per heavy atom. The predicted octanol–water partition coefficient (Wildman–Crippen LogP) is 2.00. The Balaban J connectivity index is 2.63. The summed E-state index contributed by atoms with van der Waals surface area (Å²) in [5, 5.41) is 0. The second-order valence-electron chi connectivity index (χ2n) is 2.61. The van der Waals surface area contributed by atoms with Crippen LogP contribution in [0.1, 0.15) is 0 Å². The van der Waals surface area contributed by atoms with Crippen LogP contribution in [-0.4, -0.2) is 4.98 Å². The molecular weight excluding hydrogens is 176 g/mol. The fraction of sp³-hybridized carbons (Fsp3) is 0. The Bertz CT molecular complexity index is 355. The number of nitrogens with zero attached hydrogens (tertiary/aromatic N) is 1. The van der Waals surface area contributed by atoms with Crippen LogP contribution in [0.4, 0.5) is 0 Å². The summed E-state index contributed by atoms with van der Waals surface area (Å²) in [6.45, 7) is 7.20. The van der Waals surface area contributed by atoms with Gasteiger partial charge in [0.1, 0.15) is 11.5 Å². The fourth-order valence-electron chi connectivity index (χ4n) is 0.833. The van der Waals surface area contributed by atoms with Crippen LogP contribution in [0.5, 0.6) is 5.75 Å². The van der Waals surface area contributed by atoms with Gasteiger partial charge < -0.3 is 10.5 Å². The van der Waals surface area contributed by atoms with Crippen molar-refractivity contribution in [1.82, 2.24) is 4.98 Å². The molecule has 0 atom stereocenters. The highest BCUT2D eigenvalue weighted by atomic mass is 16.5. The SMILES string of the molecule is C=C/C(N)=C\C(=C)Oc1cccnc1. The molecule has 0 bridgehead atoms. The zero-order valence-electron chi connectivity index (χ0n) is 7.81. The molecular formula is C11H12N2O. The largest absolute Gasteiger partial charge is 0.456 e. The first-order valence-corrected chi connectivity index (χ1v) is 4.09. The highest BCUT2D eigenvalue weighted by molar-refractivity contribution is 5.26. The van der Waals surface area contributed by atoms with E-state index in [2.05, 4.69) is 18.1 Å². The second-order valence-corrected chi connectivity index (χ2v) is 2.61. The Hall–Kier alpha value is -2.03. The Morgan fingerprint density at radius 2 is 2.36 bits per heavy atom. The minimum Gasteiger partial charge on any atom is -0.456 e. The Morgan fingerprint density at radius 3 is 2.93 bits per heavy atom. The van der Waals surface area contributed by atoms with Gasteiger partial charge in [-0.3, -0.25) is 4.98 Å². The van der Waals surface area contributed by atoms with E-state index in [4.69, 9.17) is 10.5 Å². The molecule has 14 heavy (non-hydrogen) atoms. The maximum Gasteiger partial charge on any atom is 0.145 e. The number of nitrogens with two attached hydrogens (primary N) is 1. The highest BCUT2D eigenvalue weighted by Gasteiger charge is 1.94. The van der Waals surface area contributed by atoms with Crippen molar-refractivity contribution in [3.05, 3.63) is 61.3 Å². The lowest BCUT2D eigenvalue weighted by Crippen LogP contribution is -1.97. The molecule has 0 aliphatic heterocycles. The molecule has 3 heteroatoms. The lowest BCUT2D eigenvalue weighted by atomic mass is 10.3. The van der Waals surface area contributed by atoms with Crippen LogP contribution >= 0.6 is 0 Å². The molecule has 0 saturated heterocycles. The summed E-state index contributed by atoms with van der Waals surface area (Å²) in [6.07, 6.45) is 6.39. The van der Waals surface area contributed by atoms with Gasteiger partial charge in [0.15, 0.2) is 0 Å². The van der Waals surface area contributed by atoms with Gasteiger partial charge in [0.2, 0.25) is 0 Å². The predicted molar refractivity (Wildman–Crippen MR) is 56.5 cm³/mol. The number of rotatable bonds is 4. The zero-order chi connectivity index (χ0) is 10.4. The third-order valence-corrected chi connectivity index (χ3v) is 1.45. The smallest absolute Gasteiger partial charge is 0.145 e. The van der Waals surface area contributed by atoms with Crippen molar-refractivity contribution in [2.75, 3.05) is 0 Å². The molecule has 0 fully saturated rings. The molecule has 0 aromatic carbocycles. The summed E-state index contributed by atoms with van der Waals surface area (Å²) < 4.78 is 5.33. The average Bonchev–Trinajstić information content (AvgIpc) is 2.19. The van der Waals surface area contributed by atoms with Crippen molar-refractivity contribution in [3.8, 4) is 5.75 Å². The quantitative estimate of drug-likeness (QED) is 0.580. The van der Waals surface area contributed by atoms with Gasteiger partial charge in [-0.15, -0.1) is 0 Å². The average molecular weight is 188 g/mol. The van der Waals surface area contributed by atoms with Gasteiger partial charge in [0, 0.05) is 18.0 Å². The van der Waals surface area contributed by atoms with Crippen LogP contribution in [0.2, 0.25) is 0 Å². The number of ether oxygens (including phenoxy) is 1. The van der Waals surface area contributed by atoms with Crippen molar-refractivity contribution in [2.24, 2.45) is 5.73 Å². The van der Waals surface area contributed by atoms with Gasteiger partial charge in [-0.2, -0.15) is 0 Å². The molecule has 0 saturated carbocycles. The van der Waals surface area contributed by atoms with E-state index < -0.39 is 0 Å². The lowest BCUT2D eigenvalue weighted by molar-refractivity contribution is 0.444. The minimum absolute atomic E-state index is 0.454. The molecule has 0 unspecified atom stereocenters. The molecule has 1 aromatic heterocycles. The van der Waals surface area contributed by atoms with E-state index in [1.54, 1.807) is 30.6 Å². The maximum absolute atomic E-state index is 5.51. The number of pyridine rings is 1. The second kappa shape index (κ2) is 4.87. The number of aromatic nitrogens is 1. The summed E-state index contributed by atoms with van der Waals surface area (Å²) in [7, 11) is 0. The molecule has 2 N–H and O–H groups in total. The molecule has 0 aliphatic carbocycles. The molecule has 3 nitrogen and oxygen atoms in total. The molecule has 1 heterocycles. The highest BCUT2D eigenvalue weighted by Crippen LogP contribution is 2.11. The van der Waals surface area contributed by atoms with Gasteiger partial charge in [0.05, 0.1) is 6.20 Å². The number of hydrogen-bond acceptors (Lipinski definition) is 3. The van der Waals surface area contributed by atoms with Crippen molar-refractivity contribution in [1.29, 1.82) is 0 Å². The molecule has 0 spiro atoms. The fourth-order valence-corrected chi connectivity index (χ4v) is 0.833. The van der Waals surface area contributed by atoms with Crippen LogP contribution < -0.4 is 10.5 Å². The summed E-state index contributed by atoms with van der Waals surface area (Å²) in [4.78, 5) is 3.90. The molecule has 1 aromatic rings. The van der Waals surface area contributed by atoms with E-state index in [9.17, 15) is 0 Å². The van der Waals surface area contributed by atoms with E-state index in [1.165, 1.54) is 6.08 Å². The summed E-state index contributed by atoms with van der Waals surface area (Å²) in [5.74, 6) is 1.08. The zero-order valence-corrected chi connectivity index (χ0v) is 7.81. The summed E-state index contributed by atoms with van der Waals surface area (Å²) >= 11 is 0. The molecule has 72 valence electrons. The van der Waals surface area contributed by atoms with Crippen LogP contribution in [-0.2, 0) is 0 Å². The number of allylic oxidation sites excluding steroid dienone is 2. The van der Waals surface area contributed by atoms with Crippen molar-refractivity contribution < 1.29 is 4.74 Å². The first-order valence-electron chi connectivity index (χ1n) is 4.09. The van der Waals surface area contributed by atoms with Gasteiger partial charge in [-0.05, 0) is 18.2 Å². The van der Waals surface area contributed by atoms with Crippen LogP contribution in [0.25, 0.3) is 0 Å². The normalized spacial score (nSPS) is 10.7. The standard InChI is InChI=1S/C11H12N2O/c1-3-10(12)7-9(2)14-11-5-4-6-13-8-11/h3-8H,1-2,12H2/b10-7+. The van der Waals surface area contributed by atoms with E-state index in [0.717, 1.165) is 0 Å². The van der Waals surface area contributed by atoms with Gasteiger partial charge in [-0.25, -0.2) is 0 Å². The monoisotopic (exact) mass is 188 g/mol. The van der Waals surface area contributed by atoms with Crippen LogP contribution in [0.3, 0.4) is 0 Å².